The van der Waals surface area contributed by atoms with Gasteiger partial charge in [0.25, 0.3) is 0 Å². The molecule has 1 aromatic heterocycles. The smallest absolute Gasteiger partial charge is 0.147 e. The van der Waals surface area contributed by atoms with Crippen LogP contribution in [0.5, 0.6) is 0 Å². The van der Waals surface area contributed by atoms with E-state index in [0.717, 1.165) is 42.8 Å². The van der Waals surface area contributed by atoms with Crippen LogP contribution in [0.15, 0.2) is 6.07 Å². The van der Waals surface area contributed by atoms with Gasteiger partial charge in [0, 0.05) is 18.1 Å². The molecule has 0 aromatic carbocycles. The molecule has 1 rings (SSSR count). The lowest BCUT2D eigenvalue weighted by molar-refractivity contribution is 0.486. The van der Waals surface area contributed by atoms with Gasteiger partial charge in [0.15, 0.2) is 0 Å². The van der Waals surface area contributed by atoms with Crippen LogP contribution in [0.2, 0.25) is 0 Å². The van der Waals surface area contributed by atoms with Gasteiger partial charge >= 0.3 is 0 Å². The summed E-state index contributed by atoms with van der Waals surface area (Å²) in [6, 6.07) is 2.22. The van der Waals surface area contributed by atoms with Crippen LogP contribution in [-0.2, 0) is 16.3 Å². The van der Waals surface area contributed by atoms with Crippen LogP contribution in [0.1, 0.15) is 56.1 Å². The minimum Gasteiger partial charge on any atom is -0.310 e. The summed E-state index contributed by atoms with van der Waals surface area (Å²) >= 11 is 0. The average Bonchev–Trinajstić information content (AvgIpc) is 2.41. The van der Waals surface area contributed by atoms with Crippen molar-refractivity contribution in [2.75, 3.05) is 18.6 Å². The van der Waals surface area contributed by atoms with Crippen LogP contribution in [0.3, 0.4) is 0 Å². The largest absolute Gasteiger partial charge is 0.310 e. The molecule has 0 radical (unpaired) electrons. The van der Waals surface area contributed by atoms with Crippen molar-refractivity contribution < 1.29 is 8.42 Å². The first-order valence-corrected chi connectivity index (χ1v) is 9.67. The highest BCUT2D eigenvalue weighted by Gasteiger charge is 2.16. The SMILES string of the molecule is CCCNC(CCCS(C)(=O)=O)c1cc(C)nnc1CC. The van der Waals surface area contributed by atoms with Gasteiger partial charge in [-0.3, -0.25) is 0 Å². The highest BCUT2D eigenvalue weighted by Crippen LogP contribution is 2.22. The van der Waals surface area contributed by atoms with E-state index in [0.29, 0.717) is 6.42 Å². The lowest BCUT2D eigenvalue weighted by Gasteiger charge is -2.21. The van der Waals surface area contributed by atoms with Crippen molar-refractivity contribution in [2.45, 2.75) is 52.5 Å². The van der Waals surface area contributed by atoms with Crippen molar-refractivity contribution in [3.8, 4) is 0 Å². The molecule has 0 aliphatic carbocycles. The molecular weight excluding hydrogens is 286 g/mol. The molecule has 0 bridgehead atoms. The van der Waals surface area contributed by atoms with Crippen LogP contribution in [-0.4, -0.2) is 37.2 Å². The van der Waals surface area contributed by atoms with Crippen LogP contribution < -0.4 is 5.32 Å². The number of nitrogens with zero attached hydrogens (tertiary/aromatic N) is 2. The van der Waals surface area contributed by atoms with E-state index >= 15 is 0 Å². The summed E-state index contributed by atoms with van der Waals surface area (Å²) in [5.41, 5.74) is 3.05. The molecule has 0 saturated heterocycles. The molecule has 21 heavy (non-hydrogen) atoms. The maximum Gasteiger partial charge on any atom is 0.147 e. The molecule has 1 aromatic rings. The Hall–Kier alpha value is -1.01. The zero-order valence-corrected chi connectivity index (χ0v) is 14.3. The zero-order valence-electron chi connectivity index (χ0n) is 13.5. The molecule has 1 heterocycles. The highest BCUT2D eigenvalue weighted by atomic mass is 32.2. The first-order chi connectivity index (χ1) is 9.87. The summed E-state index contributed by atoms with van der Waals surface area (Å²) in [6.07, 6.45) is 4.62. The summed E-state index contributed by atoms with van der Waals surface area (Å²) in [5, 5.41) is 11.9. The number of hydrogen-bond acceptors (Lipinski definition) is 5. The number of sulfone groups is 1. The Balaban J connectivity index is 2.88. The summed E-state index contributed by atoms with van der Waals surface area (Å²) in [7, 11) is -2.90. The maximum absolute atomic E-state index is 11.3. The minimum atomic E-state index is -2.90. The van der Waals surface area contributed by atoms with Crippen molar-refractivity contribution in [3.05, 3.63) is 23.0 Å². The van der Waals surface area contributed by atoms with Crippen LogP contribution >= 0.6 is 0 Å². The third-order valence-electron chi connectivity index (χ3n) is 3.39. The summed E-state index contributed by atoms with van der Waals surface area (Å²) in [5.74, 6) is 0.232. The van der Waals surface area contributed by atoms with Crippen molar-refractivity contribution in [1.82, 2.24) is 15.5 Å². The van der Waals surface area contributed by atoms with Crippen molar-refractivity contribution in [2.24, 2.45) is 0 Å². The standard InChI is InChI=1S/C15H27N3O2S/c1-5-9-16-15(8-7-10-21(4,19)20)13-11-12(3)17-18-14(13)6-2/h11,15-16H,5-10H2,1-4H3. The predicted molar refractivity (Wildman–Crippen MR) is 86.1 cm³/mol. The van der Waals surface area contributed by atoms with Gasteiger partial charge < -0.3 is 5.32 Å². The Labute approximate surface area is 128 Å². The highest BCUT2D eigenvalue weighted by molar-refractivity contribution is 7.90. The molecule has 1 atom stereocenters. The fraction of sp³-hybridized carbons (Fsp3) is 0.733. The maximum atomic E-state index is 11.3. The predicted octanol–water partition coefficient (Wildman–Crippen LogP) is 2.21. The molecule has 0 saturated carbocycles. The molecule has 0 amide bonds. The van der Waals surface area contributed by atoms with E-state index in [1.807, 2.05) is 6.92 Å². The third kappa shape index (κ3) is 6.52. The fourth-order valence-corrected chi connectivity index (χ4v) is 3.04. The number of hydrogen-bond donors (Lipinski definition) is 1. The van der Waals surface area contributed by atoms with E-state index in [-0.39, 0.29) is 11.8 Å². The second kappa shape index (κ2) is 8.44. The number of nitrogens with one attached hydrogen (secondary N) is 1. The first-order valence-electron chi connectivity index (χ1n) is 7.61. The van der Waals surface area contributed by atoms with Crippen molar-refractivity contribution in [1.29, 1.82) is 0 Å². The van der Waals surface area contributed by atoms with Crippen molar-refractivity contribution in [3.63, 3.8) is 0 Å². The fourth-order valence-electron chi connectivity index (χ4n) is 2.35. The van der Waals surface area contributed by atoms with Gasteiger partial charge in [-0.15, -0.1) is 0 Å². The summed E-state index contributed by atoms with van der Waals surface area (Å²) < 4.78 is 22.6. The van der Waals surface area contributed by atoms with E-state index < -0.39 is 9.84 Å². The third-order valence-corrected chi connectivity index (χ3v) is 4.42. The Morgan fingerprint density at radius 2 is 2.00 bits per heavy atom. The lowest BCUT2D eigenvalue weighted by atomic mass is 9.99. The molecular formula is C15H27N3O2S. The zero-order chi connectivity index (χ0) is 15.9. The molecule has 0 aliphatic heterocycles. The van der Waals surface area contributed by atoms with E-state index in [4.69, 9.17) is 0 Å². The Bertz CT molecular complexity index is 544. The molecule has 0 aliphatic rings. The minimum absolute atomic E-state index is 0.149. The second-order valence-electron chi connectivity index (χ2n) is 5.52. The lowest BCUT2D eigenvalue weighted by Crippen LogP contribution is -2.24. The molecule has 6 heteroatoms. The molecule has 120 valence electrons. The summed E-state index contributed by atoms with van der Waals surface area (Å²) in [4.78, 5) is 0. The van der Waals surface area contributed by atoms with Gasteiger partial charge in [0.2, 0.25) is 0 Å². The van der Waals surface area contributed by atoms with Crippen LogP contribution in [0.4, 0.5) is 0 Å². The van der Waals surface area contributed by atoms with E-state index in [1.54, 1.807) is 0 Å². The van der Waals surface area contributed by atoms with Gasteiger partial charge in [-0.05, 0) is 50.8 Å². The topological polar surface area (TPSA) is 72.0 Å². The first kappa shape index (κ1) is 18.0. The Morgan fingerprint density at radius 1 is 1.29 bits per heavy atom. The number of rotatable bonds is 9. The number of aryl methyl sites for hydroxylation is 2. The molecule has 0 fully saturated rings. The normalized spacial score (nSPS) is 13.3. The van der Waals surface area contributed by atoms with Crippen molar-refractivity contribution >= 4 is 9.84 Å². The summed E-state index contributed by atoms with van der Waals surface area (Å²) in [6.45, 7) is 7.03. The van der Waals surface area contributed by atoms with Gasteiger partial charge in [0.1, 0.15) is 9.84 Å². The molecule has 0 spiro atoms. The average molecular weight is 313 g/mol. The van der Waals surface area contributed by atoms with Gasteiger partial charge in [-0.25, -0.2) is 8.42 Å². The van der Waals surface area contributed by atoms with Crippen LogP contribution in [0.25, 0.3) is 0 Å². The van der Waals surface area contributed by atoms with Gasteiger partial charge in [-0.1, -0.05) is 13.8 Å². The molecule has 5 nitrogen and oxygen atoms in total. The number of aromatic nitrogens is 2. The second-order valence-corrected chi connectivity index (χ2v) is 7.78. The Kier molecular flexibility index (Phi) is 7.25. The van der Waals surface area contributed by atoms with Gasteiger partial charge in [-0.2, -0.15) is 10.2 Å². The molecule has 1 N–H and O–H groups in total. The van der Waals surface area contributed by atoms with E-state index in [1.165, 1.54) is 6.26 Å². The van der Waals surface area contributed by atoms with Gasteiger partial charge in [0.05, 0.1) is 11.4 Å². The molecule has 1 unspecified atom stereocenters. The Morgan fingerprint density at radius 3 is 2.57 bits per heavy atom. The van der Waals surface area contributed by atoms with Crippen LogP contribution in [0, 0.1) is 6.92 Å². The van der Waals surface area contributed by atoms with E-state index in [2.05, 4.69) is 35.4 Å². The monoisotopic (exact) mass is 313 g/mol. The quantitative estimate of drug-likeness (QED) is 0.757. The van der Waals surface area contributed by atoms with E-state index in [9.17, 15) is 8.42 Å².